The highest BCUT2D eigenvalue weighted by molar-refractivity contribution is 5.43. The largest absolute Gasteiger partial charge is 0.226 e. The van der Waals surface area contributed by atoms with Crippen LogP contribution in [0, 0.1) is 0 Å². The highest BCUT2D eigenvalue weighted by Crippen LogP contribution is 2.23. The van der Waals surface area contributed by atoms with E-state index in [-0.39, 0.29) is 5.54 Å². The van der Waals surface area contributed by atoms with Gasteiger partial charge in [0.25, 0.3) is 0 Å². The first-order valence-corrected chi connectivity index (χ1v) is 8.35. The van der Waals surface area contributed by atoms with E-state index in [1.807, 2.05) is 18.2 Å². The number of unbranched alkanes of at least 4 members (excludes halogenated alkanes) is 6. The lowest BCUT2D eigenvalue weighted by molar-refractivity contribution is 0.560. The minimum absolute atomic E-state index is 0.245. The second kappa shape index (κ2) is 10.3. The molecule has 0 aliphatic rings. The maximum Gasteiger partial charge on any atom is 0.0910 e. The summed E-state index contributed by atoms with van der Waals surface area (Å²) in [5, 5.41) is 0. The molecule has 0 unspecified atom stereocenters. The van der Waals surface area contributed by atoms with Crippen LogP contribution in [0.15, 0.2) is 40.3 Å². The number of nitrogens with zero attached hydrogens (tertiary/aromatic N) is 2. The molecule has 0 atom stereocenters. The zero-order chi connectivity index (χ0) is 15.4. The first-order valence-electron chi connectivity index (χ1n) is 8.35. The molecule has 0 aliphatic carbocycles. The highest BCUT2D eigenvalue weighted by Gasteiger charge is 2.17. The summed E-state index contributed by atoms with van der Waals surface area (Å²) in [6, 6.07) is 13.2. The maximum atomic E-state index is 4.47. The average Bonchev–Trinajstić information content (AvgIpc) is 2.50. The smallest absolute Gasteiger partial charge is 0.0910 e. The molecule has 0 spiro atoms. The molecule has 0 radical (unpaired) electrons. The molecule has 0 amide bonds. The predicted molar refractivity (Wildman–Crippen MR) is 92.2 cm³/mol. The molecule has 0 aromatic heterocycles. The monoisotopic (exact) mass is 286 g/mol. The Morgan fingerprint density at radius 2 is 1.52 bits per heavy atom. The van der Waals surface area contributed by atoms with E-state index < -0.39 is 0 Å². The van der Waals surface area contributed by atoms with Crippen LogP contribution in [0.25, 0.3) is 0 Å². The van der Waals surface area contributed by atoms with Crippen LogP contribution >= 0.6 is 0 Å². The first kappa shape index (κ1) is 17.7. The van der Waals surface area contributed by atoms with E-state index in [0.717, 1.165) is 13.0 Å². The van der Waals surface area contributed by atoms with Crippen LogP contribution in [0.3, 0.4) is 0 Å². The van der Waals surface area contributed by atoms with E-state index in [1.54, 1.807) is 0 Å². The summed E-state index contributed by atoms with van der Waals surface area (Å²) >= 11 is 0. The van der Waals surface area contributed by atoms with Gasteiger partial charge in [0.1, 0.15) is 0 Å². The Morgan fingerprint density at radius 1 is 0.905 bits per heavy atom. The zero-order valence-corrected chi connectivity index (χ0v) is 13.9. The number of hydrogen-bond acceptors (Lipinski definition) is 2. The Balaban J connectivity index is 2.23. The molecule has 0 saturated carbocycles. The van der Waals surface area contributed by atoms with Crippen molar-refractivity contribution in [3.05, 3.63) is 35.9 Å². The van der Waals surface area contributed by atoms with E-state index in [9.17, 15) is 0 Å². The van der Waals surface area contributed by atoms with Crippen molar-refractivity contribution in [3.63, 3.8) is 0 Å². The fourth-order valence-corrected chi connectivity index (χ4v) is 2.27. The number of aliphatic imine (C=N–C) groups is 2. The summed E-state index contributed by atoms with van der Waals surface area (Å²) in [6.07, 6.45) is 9.20. The van der Waals surface area contributed by atoms with Gasteiger partial charge in [-0.1, -0.05) is 75.8 Å². The molecule has 1 aromatic rings. The standard InChI is InChI=1S/C19H30N2/c1-4-5-6-7-8-9-13-16-20-17-21-19(2,3)18-14-11-10-12-15-18/h10-12,14-15H,4-9,13,16H2,1-3H3. The van der Waals surface area contributed by atoms with Gasteiger partial charge >= 0.3 is 0 Å². The van der Waals surface area contributed by atoms with Crippen LogP contribution in [-0.4, -0.2) is 12.6 Å². The molecule has 2 nitrogen and oxygen atoms in total. The maximum absolute atomic E-state index is 4.47. The Hall–Kier alpha value is -1.40. The molecule has 0 bridgehead atoms. The average molecular weight is 286 g/mol. The van der Waals surface area contributed by atoms with E-state index in [1.165, 1.54) is 44.1 Å². The fraction of sp³-hybridized carbons (Fsp3) is 0.632. The van der Waals surface area contributed by atoms with Crippen molar-refractivity contribution < 1.29 is 0 Å². The van der Waals surface area contributed by atoms with Crippen molar-refractivity contribution in [1.29, 1.82) is 0 Å². The van der Waals surface area contributed by atoms with Crippen LogP contribution in [0.1, 0.15) is 71.3 Å². The third kappa shape index (κ3) is 7.82. The Bertz CT molecular complexity index is 428. The van der Waals surface area contributed by atoms with Crippen LogP contribution in [-0.2, 0) is 5.54 Å². The first-order chi connectivity index (χ1) is 10.2. The lowest BCUT2D eigenvalue weighted by Crippen LogP contribution is -2.12. The summed E-state index contributed by atoms with van der Waals surface area (Å²) < 4.78 is 0. The molecular formula is C19H30N2. The van der Waals surface area contributed by atoms with Gasteiger partial charge < -0.3 is 0 Å². The van der Waals surface area contributed by atoms with Gasteiger partial charge in [-0.2, -0.15) is 0 Å². The van der Waals surface area contributed by atoms with Crippen LogP contribution < -0.4 is 0 Å². The van der Waals surface area contributed by atoms with Gasteiger partial charge in [0.05, 0.1) is 11.5 Å². The van der Waals surface area contributed by atoms with Crippen molar-refractivity contribution in [2.45, 2.75) is 71.3 Å². The molecule has 1 rings (SSSR count). The fourth-order valence-electron chi connectivity index (χ4n) is 2.27. The molecule has 1 aromatic carbocycles. The van der Waals surface area contributed by atoms with Gasteiger partial charge in [-0.15, -0.1) is 0 Å². The highest BCUT2D eigenvalue weighted by atomic mass is 14.9. The Morgan fingerprint density at radius 3 is 2.19 bits per heavy atom. The van der Waals surface area contributed by atoms with Crippen molar-refractivity contribution in [2.75, 3.05) is 6.54 Å². The van der Waals surface area contributed by atoms with E-state index in [2.05, 4.69) is 48.9 Å². The molecular weight excluding hydrogens is 256 g/mol. The molecule has 21 heavy (non-hydrogen) atoms. The molecule has 0 N–H and O–H groups in total. The van der Waals surface area contributed by atoms with Crippen LogP contribution in [0.2, 0.25) is 0 Å². The van der Waals surface area contributed by atoms with E-state index in [4.69, 9.17) is 0 Å². The third-order valence-corrected chi connectivity index (χ3v) is 3.75. The van der Waals surface area contributed by atoms with Gasteiger partial charge in [0.2, 0.25) is 0 Å². The molecule has 0 fully saturated rings. The van der Waals surface area contributed by atoms with E-state index >= 15 is 0 Å². The number of benzene rings is 1. The molecule has 2 heteroatoms. The predicted octanol–water partition coefficient (Wildman–Crippen LogP) is 5.85. The molecule has 0 heterocycles. The lowest BCUT2D eigenvalue weighted by atomic mass is 9.95. The van der Waals surface area contributed by atoms with Crippen molar-refractivity contribution >= 4 is 6.01 Å². The second-order valence-corrected chi connectivity index (χ2v) is 6.14. The van der Waals surface area contributed by atoms with E-state index in [0.29, 0.717) is 0 Å². The van der Waals surface area contributed by atoms with Gasteiger partial charge in [0.15, 0.2) is 0 Å². The number of rotatable bonds is 10. The summed E-state index contributed by atoms with van der Waals surface area (Å²) in [6.45, 7) is 7.30. The minimum atomic E-state index is -0.245. The minimum Gasteiger partial charge on any atom is -0.226 e. The Labute approximate surface area is 130 Å². The van der Waals surface area contributed by atoms with Crippen molar-refractivity contribution in [2.24, 2.45) is 9.98 Å². The molecule has 116 valence electrons. The summed E-state index contributed by atoms with van der Waals surface area (Å²) in [4.78, 5) is 8.77. The molecule has 0 saturated heterocycles. The van der Waals surface area contributed by atoms with Gasteiger partial charge in [-0.05, 0) is 25.8 Å². The quantitative estimate of drug-likeness (QED) is 0.381. The third-order valence-electron chi connectivity index (χ3n) is 3.75. The summed E-state index contributed by atoms with van der Waals surface area (Å²) in [5.41, 5.74) is 0.953. The SMILES string of the molecule is CCCCCCCCCN=C=NC(C)(C)c1ccccc1. The summed E-state index contributed by atoms with van der Waals surface area (Å²) in [5.74, 6) is 0. The number of hydrogen-bond donors (Lipinski definition) is 0. The van der Waals surface area contributed by atoms with Gasteiger partial charge in [-0.3, -0.25) is 0 Å². The zero-order valence-electron chi connectivity index (χ0n) is 13.9. The second-order valence-electron chi connectivity index (χ2n) is 6.14. The van der Waals surface area contributed by atoms with Crippen molar-refractivity contribution in [3.8, 4) is 0 Å². The lowest BCUT2D eigenvalue weighted by Gasteiger charge is -2.17. The van der Waals surface area contributed by atoms with Crippen LogP contribution in [0.5, 0.6) is 0 Å². The molecule has 0 aliphatic heterocycles. The van der Waals surface area contributed by atoms with Gasteiger partial charge in [0, 0.05) is 6.54 Å². The normalized spacial score (nSPS) is 11.0. The Kier molecular flexibility index (Phi) is 8.69. The topological polar surface area (TPSA) is 24.7 Å². The van der Waals surface area contributed by atoms with Gasteiger partial charge in [-0.25, -0.2) is 9.98 Å². The van der Waals surface area contributed by atoms with Crippen LogP contribution in [0.4, 0.5) is 0 Å². The van der Waals surface area contributed by atoms with Crippen molar-refractivity contribution in [1.82, 2.24) is 0 Å². The summed E-state index contributed by atoms with van der Waals surface area (Å²) in [7, 11) is 0.